The summed E-state index contributed by atoms with van der Waals surface area (Å²) in [5, 5.41) is 2.83. The molecule has 190 valence electrons. The number of rotatable bonds is 11. The molecule has 0 saturated carbocycles. The van der Waals surface area contributed by atoms with Crippen LogP contribution in [0.2, 0.25) is 0 Å². The molecule has 0 unspecified atom stereocenters. The monoisotopic (exact) mass is 516 g/mol. The average Bonchev–Trinajstić information content (AvgIpc) is 2.95. The Labute approximate surface area is 217 Å². The molecule has 8 heteroatoms. The van der Waals surface area contributed by atoms with Crippen LogP contribution in [-0.4, -0.2) is 34.6 Å². The number of sulfonamides is 1. The first kappa shape index (κ1) is 25.8. The van der Waals surface area contributed by atoms with Crippen LogP contribution in [0.1, 0.15) is 15.9 Å². The summed E-state index contributed by atoms with van der Waals surface area (Å²) in [6, 6.07) is 31.4. The second-order valence-corrected chi connectivity index (χ2v) is 10.0. The summed E-state index contributed by atoms with van der Waals surface area (Å²) >= 11 is 0. The smallest absolute Gasteiger partial charge is 0.264 e. The molecule has 7 nitrogen and oxygen atoms in total. The second-order valence-electron chi connectivity index (χ2n) is 8.14. The number of amides is 1. The highest BCUT2D eigenvalue weighted by atomic mass is 32.2. The van der Waals surface area contributed by atoms with Crippen LogP contribution in [0.4, 0.5) is 5.69 Å². The zero-order valence-electron chi connectivity index (χ0n) is 20.4. The maximum absolute atomic E-state index is 13.4. The SMILES string of the molecule is COc1cccc(OCCNC(=O)c2ccc(CN(c3ccccc3)S(=O)(=O)c3ccccc3)cc2)c1. The Morgan fingerprint density at radius 1 is 0.811 bits per heavy atom. The molecule has 4 aromatic rings. The van der Waals surface area contributed by atoms with Crippen LogP contribution in [0.15, 0.2) is 114 Å². The number of methoxy groups -OCH3 is 1. The minimum atomic E-state index is -3.79. The predicted octanol–water partition coefficient (Wildman–Crippen LogP) is 4.90. The van der Waals surface area contributed by atoms with Crippen molar-refractivity contribution in [1.29, 1.82) is 0 Å². The number of carbonyl (C=O) groups is 1. The van der Waals surface area contributed by atoms with Crippen LogP contribution < -0.4 is 19.1 Å². The molecule has 1 N–H and O–H groups in total. The molecule has 0 radical (unpaired) electrons. The lowest BCUT2D eigenvalue weighted by molar-refractivity contribution is 0.0947. The molecule has 37 heavy (non-hydrogen) atoms. The molecule has 0 aliphatic heterocycles. The van der Waals surface area contributed by atoms with E-state index in [4.69, 9.17) is 9.47 Å². The van der Waals surface area contributed by atoms with E-state index in [1.54, 1.807) is 92.0 Å². The molecule has 4 rings (SSSR count). The van der Waals surface area contributed by atoms with Crippen molar-refractivity contribution in [2.45, 2.75) is 11.4 Å². The number of hydrogen-bond donors (Lipinski definition) is 1. The quantitative estimate of drug-likeness (QED) is 0.287. The Kier molecular flexibility index (Phi) is 8.43. The molecule has 0 atom stereocenters. The normalized spacial score (nSPS) is 10.9. The number of carbonyl (C=O) groups excluding carboxylic acids is 1. The average molecular weight is 517 g/mol. The number of hydrogen-bond acceptors (Lipinski definition) is 5. The summed E-state index contributed by atoms with van der Waals surface area (Å²) in [7, 11) is -2.20. The lowest BCUT2D eigenvalue weighted by Gasteiger charge is -2.25. The van der Waals surface area contributed by atoms with Gasteiger partial charge in [0.25, 0.3) is 15.9 Å². The van der Waals surface area contributed by atoms with Crippen molar-refractivity contribution in [3.05, 3.63) is 120 Å². The minimum absolute atomic E-state index is 0.123. The summed E-state index contributed by atoms with van der Waals surface area (Å²) < 4.78 is 39.1. The summed E-state index contributed by atoms with van der Waals surface area (Å²) in [6.07, 6.45) is 0. The minimum Gasteiger partial charge on any atom is -0.497 e. The number of benzene rings is 4. The van der Waals surface area contributed by atoms with Crippen molar-refractivity contribution in [2.75, 3.05) is 24.6 Å². The molecule has 0 heterocycles. The van der Waals surface area contributed by atoms with Gasteiger partial charge in [-0.3, -0.25) is 9.10 Å². The third-order valence-electron chi connectivity index (χ3n) is 5.62. The Hall–Kier alpha value is -4.30. The van der Waals surface area contributed by atoms with Gasteiger partial charge in [-0.05, 0) is 54.1 Å². The van der Waals surface area contributed by atoms with Gasteiger partial charge < -0.3 is 14.8 Å². The van der Waals surface area contributed by atoms with Crippen LogP contribution in [0.3, 0.4) is 0 Å². The molecular formula is C29H28N2O5S. The molecule has 0 saturated heterocycles. The van der Waals surface area contributed by atoms with Gasteiger partial charge in [0, 0.05) is 11.6 Å². The molecule has 0 aliphatic rings. The predicted molar refractivity (Wildman–Crippen MR) is 144 cm³/mol. The van der Waals surface area contributed by atoms with Crippen LogP contribution in [0.5, 0.6) is 11.5 Å². The van der Waals surface area contributed by atoms with E-state index in [-0.39, 0.29) is 17.3 Å². The fourth-order valence-electron chi connectivity index (χ4n) is 3.68. The molecule has 1 amide bonds. The summed E-state index contributed by atoms with van der Waals surface area (Å²) in [5.41, 5.74) is 1.78. The first-order chi connectivity index (χ1) is 18.0. The van der Waals surface area contributed by atoms with Crippen molar-refractivity contribution < 1.29 is 22.7 Å². The van der Waals surface area contributed by atoms with Gasteiger partial charge in [-0.25, -0.2) is 8.42 Å². The molecule has 0 spiro atoms. The first-order valence-electron chi connectivity index (χ1n) is 11.7. The maximum Gasteiger partial charge on any atom is 0.264 e. The first-order valence-corrected chi connectivity index (χ1v) is 13.2. The highest BCUT2D eigenvalue weighted by molar-refractivity contribution is 7.92. The third kappa shape index (κ3) is 6.68. The van der Waals surface area contributed by atoms with E-state index in [1.165, 1.54) is 4.31 Å². The third-order valence-corrected chi connectivity index (χ3v) is 7.40. The van der Waals surface area contributed by atoms with Crippen molar-refractivity contribution >= 4 is 21.6 Å². The van der Waals surface area contributed by atoms with E-state index in [2.05, 4.69) is 5.32 Å². The van der Waals surface area contributed by atoms with Crippen molar-refractivity contribution in [3.8, 4) is 11.5 Å². The molecule has 0 fully saturated rings. The van der Waals surface area contributed by atoms with E-state index >= 15 is 0 Å². The fourth-order valence-corrected chi connectivity index (χ4v) is 5.16. The van der Waals surface area contributed by atoms with Gasteiger partial charge in [-0.1, -0.05) is 54.6 Å². The number of ether oxygens (including phenoxy) is 2. The van der Waals surface area contributed by atoms with Gasteiger partial charge in [-0.15, -0.1) is 0 Å². The van der Waals surface area contributed by atoms with Crippen molar-refractivity contribution in [1.82, 2.24) is 5.32 Å². The molecule has 4 aromatic carbocycles. The van der Waals surface area contributed by atoms with Crippen LogP contribution in [0.25, 0.3) is 0 Å². The molecule has 0 bridgehead atoms. The van der Waals surface area contributed by atoms with E-state index in [0.717, 1.165) is 5.56 Å². The highest BCUT2D eigenvalue weighted by Gasteiger charge is 2.25. The second kappa shape index (κ2) is 12.1. The number of para-hydroxylation sites is 1. The number of nitrogens with one attached hydrogen (secondary N) is 1. The van der Waals surface area contributed by atoms with Gasteiger partial charge in [0.05, 0.1) is 30.8 Å². The van der Waals surface area contributed by atoms with Gasteiger partial charge in [-0.2, -0.15) is 0 Å². The Bertz CT molecular complexity index is 1410. The number of nitrogens with zero attached hydrogens (tertiary/aromatic N) is 1. The Morgan fingerprint density at radius 2 is 1.46 bits per heavy atom. The van der Waals surface area contributed by atoms with Crippen LogP contribution >= 0.6 is 0 Å². The summed E-state index contributed by atoms with van der Waals surface area (Å²) in [6.45, 7) is 0.757. The van der Waals surface area contributed by atoms with E-state index in [9.17, 15) is 13.2 Å². The van der Waals surface area contributed by atoms with Crippen LogP contribution in [0, 0.1) is 0 Å². The van der Waals surface area contributed by atoms with Crippen molar-refractivity contribution in [3.63, 3.8) is 0 Å². The van der Waals surface area contributed by atoms with Gasteiger partial charge >= 0.3 is 0 Å². The standard InChI is InChI=1S/C29H28N2O5S/c1-35-26-11-8-12-27(21-26)36-20-19-30-29(32)24-17-15-23(16-18-24)22-31(25-9-4-2-5-10-25)37(33,34)28-13-6-3-7-14-28/h2-18,21H,19-20,22H2,1H3,(H,30,32). The zero-order chi connectivity index (χ0) is 26.1. The van der Waals surface area contributed by atoms with E-state index < -0.39 is 10.0 Å². The Balaban J connectivity index is 1.40. The molecule has 0 aromatic heterocycles. The maximum atomic E-state index is 13.4. The zero-order valence-corrected chi connectivity index (χ0v) is 21.2. The van der Waals surface area contributed by atoms with Gasteiger partial charge in [0.1, 0.15) is 18.1 Å². The highest BCUT2D eigenvalue weighted by Crippen LogP contribution is 2.26. The largest absolute Gasteiger partial charge is 0.497 e. The van der Waals surface area contributed by atoms with E-state index in [1.807, 2.05) is 24.3 Å². The lowest BCUT2D eigenvalue weighted by atomic mass is 10.1. The van der Waals surface area contributed by atoms with Gasteiger partial charge in [0.2, 0.25) is 0 Å². The number of anilines is 1. The van der Waals surface area contributed by atoms with Crippen LogP contribution in [-0.2, 0) is 16.6 Å². The fraction of sp³-hybridized carbons (Fsp3) is 0.138. The van der Waals surface area contributed by atoms with E-state index in [0.29, 0.717) is 35.9 Å². The lowest BCUT2D eigenvalue weighted by Crippen LogP contribution is -2.30. The molecule has 0 aliphatic carbocycles. The Morgan fingerprint density at radius 3 is 2.14 bits per heavy atom. The van der Waals surface area contributed by atoms with Crippen molar-refractivity contribution in [2.24, 2.45) is 0 Å². The topological polar surface area (TPSA) is 84.9 Å². The summed E-state index contributed by atoms with van der Waals surface area (Å²) in [4.78, 5) is 12.8. The summed E-state index contributed by atoms with van der Waals surface area (Å²) in [5.74, 6) is 1.12. The van der Waals surface area contributed by atoms with Gasteiger partial charge in [0.15, 0.2) is 0 Å². The molecular weight excluding hydrogens is 488 g/mol.